The Labute approximate surface area is 160 Å². The van der Waals surface area contributed by atoms with E-state index < -0.39 is 0 Å². The molecule has 0 aromatic heterocycles. The van der Waals surface area contributed by atoms with Gasteiger partial charge in [-0.2, -0.15) is 0 Å². The van der Waals surface area contributed by atoms with E-state index in [9.17, 15) is 9.59 Å². The van der Waals surface area contributed by atoms with Crippen molar-refractivity contribution in [2.45, 2.75) is 26.3 Å². The number of quaternary nitrogens is 1. The SMILES string of the molecule is Cc1cccc(C)c1N1C(=O)C[C@@H]([NH+]2CCN(c3ccccc3)CC2)C1=O. The summed E-state index contributed by atoms with van der Waals surface area (Å²) in [6, 6.07) is 16.0. The Bertz CT molecular complexity index is 837. The van der Waals surface area contributed by atoms with Gasteiger partial charge < -0.3 is 9.80 Å². The third-order valence-corrected chi connectivity index (χ3v) is 5.83. The largest absolute Gasteiger partial charge is 0.360 e. The molecule has 2 aliphatic rings. The number of imide groups is 1. The monoisotopic (exact) mass is 364 g/mol. The van der Waals surface area contributed by atoms with E-state index >= 15 is 0 Å². The molecule has 1 N–H and O–H groups in total. The number of para-hydroxylation sites is 2. The van der Waals surface area contributed by atoms with Crippen LogP contribution in [-0.2, 0) is 9.59 Å². The summed E-state index contributed by atoms with van der Waals surface area (Å²) in [5.74, 6) is -0.110. The van der Waals surface area contributed by atoms with Crippen molar-refractivity contribution in [1.82, 2.24) is 0 Å². The van der Waals surface area contributed by atoms with Crippen molar-refractivity contribution in [3.8, 4) is 0 Å². The van der Waals surface area contributed by atoms with E-state index in [0.717, 1.165) is 43.0 Å². The molecule has 2 amide bonds. The molecule has 4 rings (SSSR count). The van der Waals surface area contributed by atoms with Crippen molar-refractivity contribution >= 4 is 23.2 Å². The van der Waals surface area contributed by atoms with Crippen molar-refractivity contribution in [1.29, 1.82) is 0 Å². The quantitative estimate of drug-likeness (QED) is 0.836. The Morgan fingerprint density at radius 2 is 1.52 bits per heavy atom. The molecule has 2 aliphatic heterocycles. The molecule has 5 nitrogen and oxygen atoms in total. The van der Waals surface area contributed by atoms with Gasteiger partial charge in [-0.1, -0.05) is 36.4 Å². The highest BCUT2D eigenvalue weighted by atomic mass is 16.2. The zero-order chi connectivity index (χ0) is 19.0. The van der Waals surface area contributed by atoms with E-state index in [1.54, 1.807) is 0 Å². The number of hydrogen-bond donors (Lipinski definition) is 1. The molecule has 0 bridgehead atoms. The lowest BCUT2D eigenvalue weighted by molar-refractivity contribution is -0.915. The second-order valence-corrected chi connectivity index (χ2v) is 7.55. The van der Waals surface area contributed by atoms with Gasteiger partial charge in [0.2, 0.25) is 5.91 Å². The topological polar surface area (TPSA) is 45.1 Å². The Kier molecular flexibility index (Phi) is 4.70. The van der Waals surface area contributed by atoms with Gasteiger partial charge in [0.25, 0.3) is 5.91 Å². The number of aryl methyl sites for hydroxylation is 2. The fourth-order valence-corrected chi connectivity index (χ4v) is 4.38. The lowest BCUT2D eigenvalue weighted by atomic mass is 10.1. The number of benzene rings is 2. The fraction of sp³-hybridized carbons (Fsp3) is 0.364. The number of piperazine rings is 1. The maximum absolute atomic E-state index is 13.1. The minimum absolute atomic E-state index is 0.0411. The van der Waals surface area contributed by atoms with Crippen molar-refractivity contribution < 1.29 is 14.5 Å². The molecular weight excluding hydrogens is 338 g/mol. The van der Waals surface area contributed by atoms with Gasteiger partial charge in [-0.3, -0.25) is 9.59 Å². The molecule has 0 unspecified atom stereocenters. The standard InChI is InChI=1S/C22H25N3O2/c1-16-7-6-8-17(2)21(16)25-20(26)15-19(22(25)27)24-13-11-23(12-14-24)18-9-4-3-5-10-18/h3-10,19H,11-15H2,1-2H3/p+1/t19-/m1/s1. The first-order chi connectivity index (χ1) is 13.1. The van der Waals surface area contributed by atoms with Gasteiger partial charge in [-0.05, 0) is 37.1 Å². The lowest BCUT2D eigenvalue weighted by Gasteiger charge is -2.35. The van der Waals surface area contributed by atoms with E-state index in [1.807, 2.05) is 38.1 Å². The molecule has 2 saturated heterocycles. The molecule has 0 radical (unpaired) electrons. The van der Waals surface area contributed by atoms with Crippen molar-refractivity contribution in [3.63, 3.8) is 0 Å². The minimum Gasteiger partial charge on any atom is -0.360 e. The zero-order valence-electron chi connectivity index (χ0n) is 15.9. The first kappa shape index (κ1) is 17.7. The van der Waals surface area contributed by atoms with E-state index in [2.05, 4.69) is 29.2 Å². The van der Waals surface area contributed by atoms with Gasteiger partial charge in [0.05, 0.1) is 38.3 Å². The predicted octanol–water partition coefficient (Wildman–Crippen LogP) is 1.34. The molecule has 0 aliphatic carbocycles. The fourth-order valence-electron chi connectivity index (χ4n) is 4.38. The first-order valence-corrected chi connectivity index (χ1v) is 9.64. The molecular formula is C22H26N3O2+. The van der Waals surface area contributed by atoms with Gasteiger partial charge in [0, 0.05) is 5.69 Å². The van der Waals surface area contributed by atoms with Crippen molar-refractivity contribution in [3.05, 3.63) is 59.7 Å². The highest BCUT2D eigenvalue weighted by Crippen LogP contribution is 2.29. The van der Waals surface area contributed by atoms with E-state index in [-0.39, 0.29) is 17.9 Å². The van der Waals surface area contributed by atoms with Crippen LogP contribution in [0.5, 0.6) is 0 Å². The lowest BCUT2D eigenvalue weighted by Crippen LogP contribution is -3.19. The summed E-state index contributed by atoms with van der Waals surface area (Å²) in [6.07, 6.45) is 0.313. The summed E-state index contributed by atoms with van der Waals surface area (Å²) in [5, 5.41) is 0. The highest BCUT2D eigenvalue weighted by Gasteiger charge is 2.47. The van der Waals surface area contributed by atoms with Gasteiger partial charge >= 0.3 is 0 Å². The van der Waals surface area contributed by atoms with Gasteiger partial charge in [-0.15, -0.1) is 0 Å². The second kappa shape index (κ2) is 7.16. The average molecular weight is 364 g/mol. The van der Waals surface area contributed by atoms with Crippen LogP contribution in [-0.4, -0.2) is 44.0 Å². The summed E-state index contributed by atoms with van der Waals surface area (Å²) in [5.41, 5.74) is 3.95. The molecule has 0 spiro atoms. The van der Waals surface area contributed by atoms with Crippen molar-refractivity contribution in [2.75, 3.05) is 36.0 Å². The Hall–Kier alpha value is -2.66. The molecule has 0 saturated carbocycles. The van der Waals surface area contributed by atoms with Crippen LogP contribution in [0, 0.1) is 13.8 Å². The maximum atomic E-state index is 13.1. The number of rotatable bonds is 3. The van der Waals surface area contributed by atoms with Crippen LogP contribution in [0.3, 0.4) is 0 Å². The van der Waals surface area contributed by atoms with Crippen LogP contribution in [0.4, 0.5) is 11.4 Å². The number of nitrogens with one attached hydrogen (secondary N) is 1. The van der Waals surface area contributed by atoms with E-state index in [1.165, 1.54) is 15.5 Å². The molecule has 2 heterocycles. The van der Waals surface area contributed by atoms with Crippen LogP contribution in [0.2, 0.25) is 0 Å². The number of hydrogen-bond acceptors (Lipinski definition) is 3. The summed E-state index contributed by atoms with van der Waals surface area (Å²) in [4.78, 5) is 30.9. The van der Waals surface area contributed by atoms with Gasteiger partial charge in [0.15, 0.2) is 6.04 Å². The van der Waals surface area contributed by atoms with Crippen LogP contribution < -0.4 is 14.7 Å². The Balaban J connectivity index is 1.49. The molecule has 2 aromatic carbocycles. The van der Waals surface area contributed by atoms with Crippen LogP contribution in [0.25, 0.3) is 0 Å². The Morgan fingerprint density at radius 1 is 0.889 bits per heavy atom. The summed E-state index contributed by atoms with van der Waals surface area (Å²) in [6.45, 7) is 7.48. The third-order valence-electron chi connectivity index (χ3n) is 5.83. The smallest absolute Gasteiger partial charge is 0.292 e. The summed E-state index contributed by atoms with van der Waals surface area (Å²) >= 11 is 0. The number of carbonyl (C=O) groups excluding carboxylic acids is 2. The van der Waals surface area contributed by atoms with Gasteiger partial charge in [-0.25, -0.2) is 4.90 Å². The molecule has 2 aromatic rings. The van der Waals surface area contributed by atoms with Crippen LogP contribution in [0.15, 0.2) is 48.5 Å². The number of anilines is 2. The Morgan fingerprint density at radius 3 is 2.15 bits per heavy atom. The normalized spacial score (nSPS) is 21.2. The number of carbonyl (C=O) groups is 2. The first-order valence-electron chi connectivity index (χ1n) is 9.64. The predicted molar refractivity (Wildman–Crippen MR) is 106 cm³/mol. The number of amides is 2. The molecule has 140 valence electrons. The highest BCUT2D eigenvalue weighted by molar-refractivity contribution is 6.22. The summed E-state index contributed by atoms with van der Waals surface area (Å²) < 4.78 is 0. The van der Waals surface area contributed by atoms with E-state index in [4.69, 9.17) is 0 Å². The van der Waals surface area contributed by atoms with Gasteiger partial charge in [0.1, 0.15) is 0 Å². The second-order valence-electron chi connectivity index (χ2n) is 7.55. The third kappa shape index (κ3) is 3.23. The molecule has 1 atom stereocenters. The van der Waals surface area contributed by atoms with Crippen LogP contribution in [0.1, 0.15) is 17.5 Å². The zero-order valence-corrected chi connectivity index (χ0v) is 15.9. The van der Waals surface area contributed by atoms with Crippen LogP contribution >= 0.6 is 0 Å². The molecule has 2 fully saturated rings. The van der Waals surface area contributed by atoms with E-state index in [0.29, 0.717) is 6.42 Å². The summed E-state index contributed by atoms with van der Waals surface area (Å²) in [7, 11) is 0. The molecule has 27 heavy (non-hydrogen) atoms. The minimum atomic E-state index is -0.255. The number of nitrogens with zero attached hydrogens (tertiary/aromatic N) is 2. The molecule has 5 heteroatoms. The van der Waals surface area contributed by atoms with Crippen molar-refractivity contribution in [2.24, 2.45) is 0 Å². The average Bonchev–Trinajstić information content (AvgIpc) is 2.97. The maximum Gasteiger partial charge on any atom is 0.292 e.